The van der Waals surface area contributed by atoms with E-state index in [1.807, 2.05) is 36.7 Å². The van der Waals surface area contributed by atoms with Crippen LogP contribution in [-0.4, -0.2) is 36.9 Å². The lowest BCUT2D eigenvalue weighted by molar-refractivity contribution is 0.398. The highest BCUT2D eigenvalue weighted by atomic mass is 79.9. The maximum Gasteiger partial charge on any atom is 0.185 e. The van der Waals surface area contributed by atoms with Crippen molar-refractivity contribution in [3.8, 4) is 5.75 Å². The first-order chi connectivity index (χ1) is 11.8. The summed E-state index contributed by atoms with van der Waals surface area (Å²) in [4.78, 5) is 6.42. The Hall–Kier alpha value is -2.12. The number of nitrogens with zero attached hydrogens (tertiary/aromatic N) is 3. The van der Waals surface area contributed by atoms with E-state index in [2.05, 4.69) is 36.3 Å². The van der Waals surface area contributed by atoms with Crippen molar-refractivity contribution < 1.29 is 9.26 Å². The molecule has 3 heterocycles. The number of nitrogens with one attached hydrogen (secondary N) is 1. The van der Waals surface area contributed by atoms with Gasteiger partial charge in [-0.05, 0) is 40.2 Å². The Kier molecular flexibility index (Phi) is 4.12. The van der Waals surface area contributed by atoms with Crippen LogP contribution in [0.1, 0.15) is 11.7 Å². The van der Waals surface area contributed by atoms with Crippen molar-refractivity contribution in [2.45, 2.75) is 6.04 Å². The first-order valence-electron chi connectivity index (χ1n) is 7.78. The molecule has 1 fully saturated rings. The molecular formula is C17H17BrN4O2. The van der Waals surface area contributed by atoms with E-state index in [1.165, 1.54) is 5.69 Å². The summed E-state index contributed by atoms with van der Waals surface area (Å²) in [6, 6.07) is 8.10. The quantitative estimate of drug-likeness (QED) is 0.743. The molecule has 1 aliphatic heterocycles. The molecule has 0 bridgehead atoms. The summed E-state index contributed by atoms with van der Waals surface area (Å²) in [6.45, 7) is 2.67. The maximum atomic E-state index is 5.57. The number of hydrogen-bond donors (Lipinski definition) is 1. The van der Waals surface area contributed by atoms with Crippen molar-refractivity contribution in [3.05, 3.63) is 46.8 Å². The first-order valence-corrected chi connectivity index (χ1v) is 8.57. The Bertz CT molecular complexity index is 852. The number of benzene rings is 1. The summed E-state index contributed by atoms with van der Waals surface area (Å²) >= 11 is 3.53. The van der Waals surface area contributed by atoms with Gasteiger partial charge in [-0.1, -0.05) is 5.16 Å². The summed E-state index contributed by atoms with van der Waals surface area (Å²) in [7, 11) is 1.64. The van der Waals surface area contributed by atoms with Gasteiger partial charge in [0.25, 0.3) is 0 Å². The second kappa shape index (κ2) is 6.41. The molecule has 6 nitrogen and oxygen atoms in total. The van der Waals surface area contributed by atoms with E-state index in [0.717, 1.165) is 40.9 Å². The van der Waals surface area contributed by atoms with E-state index in [1.54, 1.807) is 7.11 Å². The van der Waals surface area contributed by atoms with Gasteiger partial charge in [0.15, 0.2) is 5.58 Å². The molecule has 4 rings (SSSR count). The summed E-state index contributed by atoms with van der Waals surface area (Å²) in [5, 5.41) is 8.85. The molecule has 0 spiro atoms. The lowest BCUT2D eigenvalue weighted by atomic mass is 10.1. The third kappa shape index (κ3) is 2.63. The van der Waals surface area contributed by atoms with Crippen LogP contribution in [0.5, 0.6) is 5.75 Å². The van der Waals surface area contributed by atoms with Gasteiger partial charge in [-0.25, -0.2) is 0 Å². The molecule has 0 saturated carbocycles. The second-order valence-electron chi connectivity index (χ2n) is 5.68. The Morgan fingerprint density at radius 1 is 1.29 bits per heavy atom. The van der Waals surface area contributed by atoms with Crippen LogP contribution in [0.3, 0.4) is 0 Å². The molecule has 1 N–H and O–H groups in total. The maximum absolute atomic E-state index is 5.57. The van der Waals surface area contributed by atoms with Crippen molar-refractivity contribution in [2.24, 2.45) is 0 Å². The van der Waals surface area contributed by atoms with Gasteiger partial charge in [0, 0.05) is 43.1 Å². The van der Waals surface area contributed by atoms with Crippen LogP contribution in [0.25, 0.3) is 11.0 Å². The molecule has 1 aromatic carbocycles. The standard InChI is InChI=1S/C17H17BrN4O2/c1-23-14-3-2-12-16(21-24-17(12)15(14)18)13-10-22(9-8-20-13)11-4-6-19-7-5-11/h2-7,13,20H,8-10H2,1H3. The molecule has 1 aliphatic rings. The van der Waals surface area contributed by atoms with Crippen molar-refractivity contribution in [2.75, 3.05) is 31.6 Å². The highest BCUT2D eigenvalue weighted by molar-refractivity contribution is 9.10. The topological polar surface area (TPSA) is 63.4 Å². The number of methoxy groups -OCH3 is 1. The minimum absolute atomic E-state index is 0.105. The molecule has 2 aromatic heterocycles. The van der Waals surface area contributed by atoms with Gasteiger partial charge >= 0.3 is 0 Å². The van der Waals surface area contributed by atoms with Gasteiger partial charge in [0.05, 0.1) is 13.2 Å². The third-order valence-corrected chi connectivity index (χ3v) is 5.08. The molecule has 0 radical (unpaired) electrons. The van der Waals surface area contributed by atoms with Crippen LogP contribution in [0.2, 0.25) is 0 Å². The Labute approximate surface area is 147 Å². The van der Waals surface area contributed by atoms with Crippen LogP contribution >= 0.6 is 15.9 Å². The summed E-state index contributed by atoms with van der Waals surface area (Å²) in [6.07, 6.45) is 3.64. The lowest BCUT2D eigenvalue weighted by Gasteiger charge is -2.34. The summed E-state index contributed by atoms with van der Waals surface area (Å²) in [5.74, 6) is 0.736. The Balaban J connectivity index is 1.66. The fraction of sp³-hybridized carbons (Fsp3) is 0.294. The number of fused-ring (bicyclic) bond motifs is 1. The largest absolute Gasteiger partial charge is 0.495 e. The molecule has 1 saturated heterocycles. The van der Waals surface area contributed by atoms with Crippen molar-refractivity contribution in [1.82, 2.24) is 15.5 Å². The number of hydrogen-bond acceptors (Lipinski definition) is 6. The van der Waals surface area contributed by atoms with Crippen LogP contribution < -0.4 is 15.0 Å². The number of ether oxygens (including phenoxy) is 1. The number of aromatic nitrogens is 2. The van der Waals surface area contributed by atoms with E-state index in [0.29, 0.717) is 5.58 Å². The Morgan fingerprint density at radius 2 is 2.12 bits per heavy atom. The summed E-state index contributed by atoms with van der Waals surface area (Å²) in [5.41, 5.74) is 2.81. The van der Waals surface area contributed by atoms with Gasteiger partial charge in [0.1, 0.15) is 15.9 Å². The number of rotatable bonds is 3. The van der Waals surface area contributed by atoms with E-state index in [9.17, 15) is 0 Å². The van der Waals surface area contributed by atoms with Gasteiger partial charge in [-0.3, -0.25) is 4.98 Å². The van der Waals surface area contributed by atoms with Crippen LogP contribution in [0.15, 0.2) is 45.7 Å². The second-order valence-corrected chi connectivity index (χ2v) is 6.48. The Morgan fingerprint density at radius 3 is 2.92 bits per heavy atom. The van der Waals surface area contributed by atoms with Gasteiger partial charge < -0.3 is 19.5 Å². The zero-order valence-electron chi connectivity index (χ0n) is 13.2. The van der Waals surface area contributed by atoms with Crippen molar-refractivity contribution in [1.29, 1.82) is 0 Å². The predicted octanol–water partition coefficient (Wildman–Crippen LogP) is 3.14. The normalized spacial score (nSPS) is 18.1. The average molecular weight is 389 g/mol. The smallest absolute Gasteiger partial charge is 0.185 e. The number of anilines is 1. The van der Waals surface area contributed by atoms with Crippen LogP contribution in [0, 0.1) is 0 Å². The van der Waals surface area contributed by atoms with Crippen LogP contribution in [-0.2, 0) is 0 Å². The molecule has 7 heteroatoms. The van der Waals surface area contributed by atoms with Crippen LogP contribution in [0.4, 0.5) is 5.69 Å². The van der Waals surface area contributed by atoms with E-state index in [4.69, 9.17) is 9.26 Å². The molecular weight excluding hydrogens is 372 g/mol. The number of halogens is 1. The lowest BCUT2D eigenvalue weighted by Crippen LogP contribution is -2.46. The van der Waals surface area contributed by atoms with Crippen molar-refractivity contribution >= 4 is 32.6 Å². The molecule has 1 unspecified atom stereocenters. The van der Waals surface area contributed by atoms with E-state index < -0.39 is 0 Å². The number of pyridine rings is 1. The zero-order valence-corrected chi connectivity index (χ0v) is 14.8. The molecule has 1 atom stereocenters. The monoisotopic (exact) mass is 388 g/mol. The SMILES string of the molecule is COc1ccc2c(C3CN(c4ccncc4)CCN3)noc2c1Br. The predicted molar refractivity (Wildman–Crippen MR) is 95.5 cm³/mol. The molecule has 124 valence electrons. The molecule has 0 aliphatic carbocycles. The third-order valence-electron chi connectivity index (χ3n) is 4.33. The molecule has 24 heavy (non-hydrogen) atoms. The average Bonchev–Trinajstić information content (AvgIpc) is 3.08. The minimum Gasteiger partial charge on any atom is -0.495 e. The highest BCUT2D eigenvalue weighted by Gasteiger charge is 2.26. The van der Waals surface area contributed by atoms with E-state index >= 15 is 0 Å². The summed E-state index contributed by atoms with van der Waals surface area (Å²) < 4.78 is 11.7. The van der Waals surface area contributed by atoms with Gasteiger partial charge in [0.2, 0.25) is 0 Å². The van der Waals surface area contributed by atoms with Crippen molar-refractivity contribution in [3.63, 3.8) is 0 Å². The molecule has 3 aromatic rings. The fourth-order valence-corrected chi connectivity index (χ4v) is 3.68. The van der Waals surface area contributed by atoms with Gasteiger partial charge in [-0.15, -0.1) is 0 Å². The van der Waals surface area contributed by atoms with Gasteiger partial charge in [-0.2, -0.15) is 0 Å². The highest BCUT2D eigenvalue weighted by Crippen LogP contribution is 2.36. The fourth-order valence-electron chi connectivity index (χ4n) is 3.10. The van der Waals surface area contributed by atoms with E-state index in [-0.39, 0.29) is 6.04 Å². The molecule has 0 amide bonds. The number of piperazine rings is 1. The minimum atomic E-state index is 0.105. The first kappa shape index (κ1) is 15.4. The zero-order chi connectivity index (χ0) is 16.5.